The maximum Gasteiger partial charge on any atom is 0.188 e. The molecule has 1 aliphatic carbocycles. The lowest BCUT2D eigenvalue weighted by atomic mass is 10.2. The van der Waals surface area contributed by atoms with Crippen molar-refractivity contribution >= 4 is 17.2 Å². The number of aliphatic hydroxyl groups excluding tert-OH is 1. The van der Waals surface area contributed by atoms with Gasteiger partial charge in [-0.05, 0) is 36.1 Å². The Morgan fingerprint density at radius 2 is 2.05 bits per heavy atom. The summed E-state index contributed by atoms with van der Waals surface area (Å²) in [5.74, 6) is -1.23. The first-order chi connectivity index (χ1) is 9.15. The van der Waals surface area contributed by atoms with E-state index >= 15 is 0 Å². The van der Waals surface area contributed by atoms with Crippen molar-refractivity contribution in [3.63, 3.8) is 0 Å². The molecule has 0 spiro atoms. The van der Waals surface area contributed by atoms with Crippen LogP contribution in [-0.4, -0.2) is 10.1 Å². The van der Waals surface area contributed by atoms with Crippen LogP contribution in [0.4, 0.5) is 14.6 Å². The molecule has 6 heteroatoms. The average Bonchev–Trinajstić information content (AvgIpc) is 3.14. The number of aromatic nitrogens is 1. The van der Waals surface area contributed by atoms with Gasteiger partial charge < -0.3 is 10.4 Å². The van der Waals surface area contributed by atoms with Crippen LogP contribution in [0.3, 0.4) is 0 Å². The molecule has 3 rings (SSSR count). The number of hydrogen-bond acceptors (Lipinski definition) is 4. The minimum atomic E-state index is -0.901. The van der Waals surface area contributed by atoms with E-state index in [1.54, 1.807) is 5.51 Å². The van der Waals surface area contributed by atoms with E-state index in [1.807, 2.05) is 0 Å². The molecule has 2 aromatic rings. The van der Waals surface area contributed by atoms with Gasteiger partial charge in [-0.2, -0.15) is 0 Å². The van der Waals surface area contributed by atoms with Crippen LogP contribution in [0.2, 0.25) is 0 Å². The van der Waals surface area contributed by atoms with Gasteiger partial charge >= 0.3 is 0 Å². The Labute approximate surface area is 112 Å². The number of halogens is 2. The molecule has 1 aromatic carbocycles. The summed E-state index contributed by atoms with van der Waals surface area (Å²) in [7, 11) is 0. The number of thiazole rings is 1. The molecule has 0 aliphatic heterocycles. The summed E-state index contributed by atoms with van der Waals surface area (Å²) >= 11 is 1.29. The van der Waals surface area contributed by atoms with Crippen molar-refractivity contribution in [3.05, 3.63) is 46.8 Å². The molecule has 1 heterocycles. The Hall–Kier alpha value is -1.95. The third-order valence-electron chi connectivity index (χ3n) is 2.82. The van der Waals surface area contributed by atoms with Crippen molar-refractivity contribution in [2.45, 2.75) is 12.8 Å². The van der Waals surface area contributed by atoms with Crippen LogP contribution in [0.15, 0.2) is 35.2 Å². The van der Waals surface area contributed by atoms with Gasteiger partial charge in [0.05, 0.1) is 10.4 Å². The van der Waals surface area contributed by atoms with E-state index in [2.05, 4.69) is 10.3 Å². The molecule has 0 saturated heterocycles. The number of nitrogens with one attached hydrogen (secondary N) is 1. The zero-order valence-corrected chi connectivity index (χ0v) is 10.6. The van der Waals surface area contributed by atoms with E-state index < -0.39 is 11.6 Å². The Kier molecular flexibility index (Phi) is 2.94. The second-order valence-corrected chi connectivity index (χ2v) is 5.09. The fourth-order valence-electron chi connectivity index (χ4n) is 1.68. The Balaban J connectivity index is 1.94. The predicted molar refractivity (Wildman–Crippen MR) is 70.0 cm³/mol. The molecule has 1 saturated carbocycles. The minimum absolute atomic E-state index is 0.106. The summed E-state index contributed by atoms with van der Waals surface area (Å²) in [6, 6.07) is 3.68. The summed E-state index contributed by atoms with van der Waals surface area (Å²) < 4.78 is 26.1. The molecular formula is C13H10F2N2OS. The fourth-order valence-corrected chi connectivity index (χ4v) is 2.42. The van der Waals surface area contributed by atoms with Gasteiger partial charge in [0.15, 0.2) is 23.3 Å². The highest BCUT2D eigenvalue weighted by Crippen LogP contribution is 2.35. The normalized spacial score (nSPS) is 13.5. The topological polar surface area (TPSA) is 45.1 Å². The van der Waals surface area contributed by atoms with Crippen LogP contribution in [0.25, 0.3) is 10.4 Å². The van der Waals surface area contributed by atoms with Gasteiger partial charge in [-0.15, -0.1) is 11.3 Å². The summed E-state index contributed by atoms with van der Waals surface area (Å²) in [5.41, 5.74) is 3.06. The third kappa shape index (κ3) is 2.44. The molecule has 0 atom stereocenters. The van der Waals surface area contributed by atoms with Crippen LogP contribution in [-0.2, 0) is 0 Å². The zero-order chi connectivity index (χ0) is 13.4. The van der Waals surface area contributed by atoms with Crippen molar-refractivity contribution in [2.75, 3.05) is 5.32 Å². The van der Waals surface area contributed by atoms with Crippen LogP contribution in [0.1, 0.15) is 12.8 Å². The van der Waals surface area contributed by atoms with Crippen LogP contribution in [0, 0.1) is 11.6 Å². The molecule has 1 aromatic heterocycles. The van der Waals surface area contributed by atoms with Crippen molar-refractivity contribution in [1.29, 1.82) is 0 Å². The molecule has 0 bridgehead atoms. The number of hydrogen-bond donors (Lipinski definition) is 2. The van der Waals surface area contributed by atoms with E-state index in [4.69, 9.17) is 0 Å². The monoisotopic (exact) mass is 280 g/mol. The average molecular weight is 280 g/mol. The molecule has 1 aliphatic rings. The summed E-state index contributed by atoms with van der Waals surface area (Å²) in [6.07, 6.45) is 1.76. The number of rotatable bonds is 3. The highest BCUT2D eigenvalue weighted by Gasteiger charge is 2.19. The largest absolute Gasteiger partial charge is 0.495 e. The van der Waals surface area contributed by atoms with Crippen molar-refractivity contribution in [1.82, 2.24) is 4.98 Å². The highest BCUT2D eigenvalue weighted by molar-refractivity contribution is 7.13. The van der Waals surface area contributed by atoms with Gasteiger partial charge in [-0.25, -0.2) is 13.8 Å². The van der Waals surface area contributed by atoms with E-state index in [0.29, 0.717) is 16.3 Å². The van der Waals surface area contributed by atoms with E-state index in [-0.39, 0.29) is 5.88 Å². The Morgan fingerprint density at radius 3 is 2.74 bits per heavy atom. The van der Waals surface area contributed by atoms with Crippen molar-refractivity contribution in [2.24, 2.45) is 0 Å². The van der Waals surface area contributed by atoms with Crippen molar-refractivity contribution in [3.8, 4) is 10.4 Å². The molecule has 0 radical (unpaired) electrons. The van der Waals surface area contributed by atoms with Gasteiger partial charge in [0, 0.05) is 0 Å². The van der Waals surface area contributed by atoms with Crippen molar-refractivity contribution < 1.29 is 13.9 Å². The quantitative estimate of drug-likeness (QED) is 0.833. The SMILES string of the molecule is OC(Nc1ncsc1-c1ccc(F)c(F)c1)=C1CC1. The first-order valence-corrected chi connectivity index (χ1v) is 6.60. The van der Waals surface area contributed by atoms with Gasteiger partial charge in [-0.1, -0.05) is 6.07 Å². The van der Waals surface area contributed by atoms with Gasteiger partial charge in [0.25, 0.3) is 0 Å². The first-order valence-electron chi connectivity index (χ1n) is 5.72. The van der Waals surface area contributed by atoms with Crippen LogP contribution in [0.5, 0.6) is 0 Å². The lowest BCUT2D eigenvalue weighted by Gasteiger charge is -2.05. The number of anilines is 1. The molecule has 0 unspecified atom stereocenters. The molecule has 3 nitrogen and oxygen atoms in total. The molecule has 19 heavy (non-hydrogen) atoms. The predicted octanol–water partition coefficient (Wildman–Crippen LogP) is 4.06. The first kappa shape index (κ1) is 12.1. The number of benzene rings is 1. The number of allylic oxidation sites excluding steroid dienone is 1. The number of nitrogens with zero attached hydrogens (tertiary/aromatic N) is 1. The molecule has 98 valence electrons. The van der Waals surface area contributed by atoms with E-state index in [0.717, 1.165) is 30.5 Å². The van der Waals surface area contributed by atoms with Gasteiger partial charge in [-0.3, -0.25) is 0 Å². The van der Waals surface area contributed by atoms with E-state index in [9.17, 15) is 13.9 Å². The fraction of sp³-hybridized carbons (Fsp3) is 0.154. The minimum Gasteiger partial charge on any atom is -0.495 e. The second-order valence-electron chi connectivity index (χ2n) is 4.24. The lowest BCUT2D eigenvalue weighted by Crippen LogP contribution is -1.99. The standard InChI is InChI=1S/C13H10F2N2OS/c14-9-4-3-8(5-10(9)15)11-12(16-6-19-11)17-13(18)7-1-2-7/h3-6,17-18H,1-2H2. The molecular weight excluding hydrogens is 270 g/mol. The lowest BCUT2D eigenvalue weighted by molar-refractivity contribution is 0.416. The Bertz CT molecular complexity index is 660. The van der Waals surface area contributed by atoms with Gasteiger partial charge in [0.1, 0.15) is 0 Å². The molecule has 1 fully saturated rings. The highest BCUT2D eigenvalue weighted by atomic mass is 32.1. The zero-order valence-electron chi connectivity index (χ0n) is 9.78. The summed E-state index contributed by atoms with van der Waals surface area (Å²) in [6.45, 7) is 0. The second kappa shape index (κ2) is 4.62. The summed E-state index contributed by atoms with van der Waals surface area (Å²) in [5, 5.41) is 12.5. The number of aliphatic hydroxyl groups is 1. The van der Waals surface area contributed by atoms with Crippen LogP contribution < -0.4 is 5.32 Å². The Morgan fingerprint density at radius 1 is 1.26 bits per heavy atom. The molecule has 2 N–H and O–H groups in total. The maximum atomic E-state index is 13.2. The van der Waals surface area contributed by atoms with Crippen LogP contribution >= 0.6 is 11.3 Å². The van der Waals surface area contributed by atoms with Gasteiger partial charge in [0.2, 0.25) is 0 Å². The third-order valence-corrected chi connectivity index (χ3v) is 3.70. The maximum absolute atomic E-state index is 13.2. The summed E-state index contributed by atoms with van der Waals surface area (Å²) in [4.78, 5) is 4.75. The van der Waals surface area contributed by atoms with E-state index in [1.165, 1.54) is 17.4 Å². The smallest absolute Gasteiger partial charge is 0.188 e. The molecule has 0 amide bonds.